The fourth-order valence-electron chi connectivity index (χ4n) is 1.15. The second-order valence-electron chi connectivity index (χ2n) is 3.47. The number of pyridine rings is 1. The van der Waals surface area contributed by atoms with Crippen LogP contribution in [0, 0.1) is 5.82 Å². The molecule has 0 spiro atoms. The minimum absolute atomic E-state index is 0.0854. The normalized spacial score (nSPS) is 11.3. The first-order chi connectivity index (χ1) is 8.29. The van der Waals surface area contributed by atoms with Crippen LogP contribution in [0.15, 0.2) is 12.3 Å². The summed E-state index contributed by atoms with van der Waals surface area (Å²) in [4.78, 5) is 15.0. The predicted octanol–water partition coefficient (Wildman–Crippen LogP) is 0.283. The van der Waals surface area contributed by atoms with Gasteiger partial charge in [0.2, 0.25) is 10.0 Å². The van der Waals surface area contributed by atoms with Crippen molar-refractivity contribution in [1.82, 2.24) is 10.3 Å². The number of amides is 1. The van der Waals surface area contributed by atoms with Crippen LogP contribution >= 0.6 is 11.6 Å². The Hall–Kier alpha value is -1.25. The van der Waals surface area contributed by atoms with Crippen molar-refractivity contribution in [2.24, 2.45) is 5.14 Å². The number of halogens is 2. The third kappa shape index (κ3) is 4.94. The molecule has 100 valence electrons. The van der Waals surface area contributed by atoms with Crippen LogP contribution in [0.5, 0.6) is 0 Å². The van der Waals surface area contributed by atoms with Gasteiger partial charge in [0.15, 0.2) is 0 Å². The van der Waals surface area contributed by atoms with Crippen LogP contribution in [0.4, 0.5) is 4.39 Å². The SMILES string of the molecule is NS(=O)(=O)CCCNC(=O)c1cc(F)cnc1Cl. The summed E-state index contributed by atoms with van der Waals surface area (Å²) < 4.78 is 34.1. The van der Waals surface area contributed by atoms with Crippen LogP contribution < -0.4 is 10.5 Å². The van der Waals surface area contributed by atoms with Gasteiger partial charge in [-0.2, -0.15) is 0 Å². The van der Waals surface area contributed by atoms with E-state index in [9.17, 15) is 17.6 Å². The molecule has 1 amide bonds. The van der Waals surface area contributed by atoms with E-state index < -0.39 is 21.7 Å². The Bertz CT molecular complexity index is 550. The molecular weight excluding hydrogens is 285 g/mol. The minimum atomic E-state index is -3.55. The maximum Gasteiger partial charge on any atom is 0.254 e. The monoisotopic (exact) mass is 295 g/mol. The van der Waals surface area contributed by atoms with Crippen LogP contribution in [0.3, 0.4) is 0 Å². The van der Waals surface area contributed by atoms with Crippen LogP contribution in [0.2, 0.25) is 5.15 Å². The van der Waals surface area contributed by atoms with Crippen LogP contribution in [0.25, 0.3) is 0 Å². The minimum Gasteiger partial charge on any atom is -0.352 e. The third-order valence-corrected chi connectivity index (χ3v) is 3.10. The van der Waals surface area contributed by atoms with Gasteiger partial charge in [-0.1, -0.05) is 11.6 Å². The molecule has 0 bridgehead atoms. The molecule has 0 aromatic carbocycles. The lowest BCUT2D eigenvalue weighted by Gasteiger charge is -2.05. The lowest BCUT2D eigenvalue weighted by atomic mass is 10.2. The van der Waals surface area contributed by atoms with Crippen LogP contribution in [-0.2, 0) is 10.0 Å². The lowest BCUT2D eigenvalue weighted by molar-refractivity contribution is 0.0953. The summed E-state index contributed by atoms with van der Waals surface area (Å²) in [5, 5.41) is 7.05. The van der Waals surface area contributed by atoms with Crippen molar-refractivity contribution in [3.05, 3.63) is 28.8 Å². The highest BCUT2D eigenvalue weighted by Gasteiger charge is 2.12. The molecule has 0 radical (unpaired) electrons. The van der Waals surface area contributed by atoms with E-state index in [4.69, 9.17) is 16.7 Å². The van der Waals surface area contributed by atoms with Crippen LogP contribution in [0.1, 0.15) is 16.8 Å². The molecular formula is C9H11ClFN3O3S. The van der Waals surface area contributed by atoms with Crippen molar-refractivity contribution in [1.29, 1.82) is 0 Å². The van der Waals surface area contributed by atoms with E-state index in [1.165, 1.54) is 0 Å². The van der Waals surface area contributed by atoms with E-state index in [0.717, 1.165) is 12.3 Å². The molecule has 1 rings (SSSR count). The number of primary sulfonamides is 1. The summed E-state index contributed by atoms with van der Waals surface area (Å²) >= 11 is 5.62. The number of sulfonamides is 1. The molecule has 6 nitrogen and oxygen atoms in total. The molecule has 1 aromatic rings. The van der Waals surface area contributed by atoms with Crippen molar-refractivity contribution < 1.29 is 17.6 Å². The molecule has 0 aliphatic carbocycles. The standard InChI is InChI=1S/C9H11ClFN3O3S/c10-8-7(4-6(11)5-14-8)9(15)13-2-1-3-18(12,16)17/h4-5H,1-3H2,(H,13,15)(H2,12,16,17). The molecule has 1 aromatic heterocycles. The van der Waals surface area contributed by atoms with E-state index in [2.05, 4.69) is 10.3 Å². The summed E-state index contributed by atoms with van der Waals surface area (Å²) in [6, 6.07) is 0.949. The Balaban J connectivity index is 2.53. The van der Waals surface area contributed by atoms with Gasteiger partial charge >= 0.3 is 0 Å². The van der Waals surface area contributed by atoms with Gasteiger partial charge < -0.3 is 5.32 Å². The topological polar surface area (TPSA) is 102 Å². The first-order valence-corrected chi connectivity index (χ1v) is 6.98. The third-order valence-electron chi connectivity index (χ3n) is 1.94. The van der Waals surface area contributed by atoms with Gasteiger partial charge in [-0.25, -0.2) is 22.9 Å². The largest absolute Gasteiger partial charge is 0.352 e. The van der Waals surface area contributed by atoms with E-state index >= 15 is 0 Å². The Morgan fingerprint density at radius 2 is 2.22 bits per heavy atom. The maximum atomic E-state index is 12.9. The van der Waals surface area contributed by atoms with Gasteiger partial charge in [0.25, 0.3) is 5.91 Å². The number of carbonyl (C=O) groups is 1. The molecule has 0 saturated carbocycles. The smallest absolute Gasteiger partial charge is 0.254 e. The number of aromatic nitrogens is 1. The first-order valence-electron chi connectivity index (χ1n) is 4.89. The zero-order valence-electron chi connectivity index (χ0n) is 9.19. The summed E-state index contributed by atoms with van der Waals surface area (Å²) in [6.07, 6.45) is 1.05. The number of hydrogen-bond donors (Lipinski definition) is 2. The number of hydrogen-bond acceptors (Lipinski definition) is 4. The molecule has 0 fully saturated rings. The first kappa shape index (κ1) is 14.8. The molecule has 0 saturated heterocycles. The van der Waals surface area contributed by atoms with Crippen LogP contribution in [-0.4, -0.2) is 31.6 Å². The highest BCUT2D eigenvalue weighted by Crippen LogP contribution is 2.13. The average molecular weight is 296 g/mol. The maximum absolute atomic E-state index is 12.9. The Kier molecular flexibility index (Phi) is 5.00. The fraction of sp³-hybridized carbons (Fsp3) is 0.333. The quantitative estimate of drug-likeness (QED) is 0.602. The fourth-order valence-corrected chi connectivity index (χ4v) is 1.89. The number of nitrogens with two attached hydrogens (primary N) is 1. The average Bonchev–Trinajstić information content (AvgIpc) is 2.26. The van der Waals surface area contributed by atoms with Gasteiger partial charge in [-0.3, -0.25) is 4.79 Å². The van der Waals surface area contributed by atoms with E-state index in [1.54, 1.807) is 0 Å². The van der Waals surface area contributed by atoms with Crippen molar-refractivity contribution >= 4 is 27.5 Å². The van der Waals surface area contributed by atoms with E-state index in [-0.39, 0.29) is 29.4 Å². The molecule has 3 N–H and O–H groups in total. The van der Waals surface area contributed by atoms with E-state index in [0.29, 0.717) is 0 Å². The second kappa shape index (κ2) is 6.07. The summed E-state index contributed by atoms with van der Waals surface area (Å²) in [6.45, 7) is 0.0854. The Labute approximate surface area is 108 Å². The number of nitrogens with one attached hydrogen (secondary N) is 1. The lowest BCUT2D eigenvalue weighted by Crippen LogP contribution is -2.27. The number of carbonyl (C=O) groups excluding carboxylic acids is 1. The van der Waals surface area contributed by atoms with Gasteiger partial charge in [0, 0.05) is 6.54 Å². The Morgan fingerprint density at radius 1 is 1.56 bits per heavy atom. The molecule has 0 unspecified atom stereocenters. The molecule has 0 aliphatic heterocycles. The summed E-state index contributed by atoms with van der Waals surface area (Å²) in [7, 11) is -3.55. The zero-order chi connectivity index (χ0) is 13.8. The summed E-state index contributed by atoms with van der Waals surface area (Å²) in [5.41, 5.74) is -0.104. The van der Waals surface area contributed by atoms with Crippen molar-refractivity contribution in [2.45, 2.75) is 6.42 Å². The van der Waals surface area contributed by atoms with Gasteiger partial charge in [-0.15, -0.1) is 0 Å². The summed E-state index contributed by atoms with van der Waals surface area (Å²) in [5.74, 6) is -1.56. The molecule has 1 heterocycles. The van der Waals surface area contributed by atoms with Gasteiger partial charge in [0.05, 0.1) is 17.5 Å². The van der Waals surface area contributed by atoms with Gasteiger partial charge in [0.1, 0.15) is 11.0 Å². The molecule has 18 heavy (non-hydrogen) atoms. The number of rotatable bonds is 5. The van der Waals surface area contributed by atoms with Crippen molar-refractivity contribution in [3.63, 3.8) is 0 Å². The van der Waals surface area contributed by atoms with Gasteiger partial charge in [-0.05, 0) is 12.5 Å². The molecule has 9 heteroatoms. The highest BCUT2D eigenvalue weighted by atomic mass is 35.5. The Morgan fingerprint density at radius 3 is 2.83 bits per heavy atom. The highest BCUT2D eigenvalue weighted by molar-refractivity contribution is 7.89. The predicted molar refractivity (Wildman–Crippen MR) is 64.1 cm³/mol. The van der Waals surface area contributed by atoms with Crippen molar-refractivity contribution in [3.8, 4) is 0 Å². The molecule has 0 aliphatic rings. The van der Waals surface area contributed by atoms with E-state index in [1.807, 2.05) is 0 Å². The van der Waals surface area contributed by atoms with Crippen molar-refractivity contribution in [2.75, 3.05) is 12.3 Å². The second-order valence-corrected chi connectivity index (χ2v) is 5.56. The zero-order valence-corrected chi connectivity index (χ0v) is 10.8. The molecule has 0 atom stereocenters. The number of nitrogens with zero attached hydrogens (tertiary/aromatic N) is 1.